The number of hydrogen-bond donors (Lipinski definition) is 6. The van der Waals surface area contributed by atoms with E-state index in [2.05, 4.69) is 10.6 Å². The Morgan fingerprint density at radius 2 is 1.70 bits per heavy atom. The molecule has 53 heavy (non-hydrogen) atoms. The number of benzene rings is 4. The first-order valence-corrected chi connectivity index (χ1v) is 21.2. The van der Waals surface area contributed by atoms with Crippen LogP contribution < -0.4 is 15.4 Å². The molecule has 4 aromatic rings. The second-order valence-electron chi connectivity index (χ2n) is 14.3. The molecule has 3 unspecified atom stereocenters. The van der Waals surface area contributed by atoms with Crippen molar-refractivity contribution in [1.82, 2.24) is 10.6 Å². The van der Waals surface area contributed by atoms with E-state index in [4.69, 9.17) is 9.47 Å². The number of carbonyl (C=O) groups excluding carboxylic acids is 1. The smallest absolute Gasteiger partial charge is 0.168 e. The number of aryl methyl sites for hydroxylation is 1. The summed E-state index contributed by atoms with van der Waals surface area (Å²) >= 11 is 0. The van der Waals surface area contributed by atoms with Gasteiger partial charge in [0.2, 0.25) is 0 Å². The van der Waals surface area contributed by atoms with Crippen LogP contribution in [-0.2, 0) is 28.2 Å². The third-order valence-corrected chi connectivity index (χ3v) is 12.7. The number of hydrogen-bond acceptors (Lipinski definition) is 11. The molecule has 0 radical (unpaired) electrons. The number of nitrogens with one attached hydrogen (secondary N) is 2. The number of aliphatic hydroxyl groups excluding tert-OH is 1. The molecule has 9 nitrogen and oxygen atoms in total. The highest BCUT2D eigenvalue weighted by Crippen LogP contribution is 2.46. The van der Waals surface area contributed by atoms with Crippen LogP contribution in [0.15, 0.2) is 60.7 Å². The zero-order chi connectivity index (χ0) is 37.3. The first-order chi connectivity index (χ1) is 25.7. The summed E-state index contributed by atoms with van der Waals surface area (Å²) in [4.78, 5) is 13.9. The number of fused-ring (bicyclic) bond motifs is 5. The fourth-order valence-electron chi connectivity index (χ4n) is 7.67. The van der Waals surface area contributed by atoms with Gasteiger partial charge in [-0.05, 0) is 108 Å². The number of phenols is 3. The number of aromatic hydroxyl groups is 3. The predicted octanol–water partition coefficient (Wildman–Crippen LogP) is 8.29. The Kier molecular flexibility index (Phi) is 13.9. The average Bonchev–Trinajstić information content (AvgIpc) is 3.14. The molecule has 0 saturated heterocycles. The molecule has 3 atom stereocenters. The van der Waals surface area contributed by atoms with Gasteiger partial charge in [0.05, 0.1) is 19.3 Å². The van der Waals surface area contributed by atoms with Gasteiger partial charge < -0.3 is 35.2 Å². The molecule has 1 aliphatic heterocycles. The van der Waals surface area contributed by atoms with E-state index in [1.165, 1.54) is 13.5 Å². The zero-order valence-electron chi connectivity index (χ0n) is 30.6. The van der Waals surface area contributed by atoms with Crippen LogP contribution >= 0.6 is 21.6 Å². The van der Waals surface area contributed by atoms with Gasteiger partial charge in [-0.2, -0.15) is 0 Å². The molecule has 1 fully saturated rings. The highest BCUT2D eigenvalue weighted by Gasteiger charge is 2.27. The molecule has 1 aliphatic carbocycles. The largest absolute Gasteiger partial charge is 0.508 e. The molecule has 2 aliphatic rings. The average molecular weight is 761 g/mol. The number of Topliss-reactive ketones (excluding diaryl/α,β-unsaturated/α-hetero) is 1. The van der Waals surface area contributed by atoms with Gasteiger partial charge in [-0.1, -0.05) is 71.2 Å². The number of aliphatic hydroxyl groups is 1. The van der Waals surface area contributed by atoms with Crippen LogP contribution in [0.25, 0.3) is 21.9 Å². The Morgan fingerprint density at radius 1 is 0.887 bits per heavy atom. The van der Waals surface area contributed by atoms with E-state index in [9.17, 15) is 25.2 Å². The van der Waals surface area contributed by atoms with Crippen LogP contribution in [0.1, 0.15) is 86.3 Å². The minimum Gasteiger partial charge on any atom is -0.508 e. The molecule has 6 N–H and O–H groups in total. The third kappa shape index (κ3) is 10.2. The van der Waals surface area contributed by atoms with Crippen molar-refractivity contribution in [3.63, 3.8) is 0 Å². The van der Waals surface area contributed by atoms with Crippen LogP contribution in [0.3, 0.4) is 0 Å². The summed E-state index contributed by atoms with van der Waals surface area (Å²) in [5, 5.41) is 52.0. The lowest BCUT2D eigenvalue weighted by Gasteiger charge is -2.32. The summed E-state index contributed by atoms with van der Waals surface area (Å²) in [6.07, 6.45) is 5.78. The van der Waals surface area contributed by atoms with Crippen LogP contribution in [0, 0.1) is 0 Å². The van der Waals surface area contributed by atoms with Crippen molar-refractivity contribution < 1.29 is 34.7 Å². The summed E-state index contributed by atoms with van der Waals surface area (Å²) in [6.45, 7) is 0.592. The maximum absolute atomic E-state index is 13.9. The quantitative estimate of drug-likeness (QED) is 0.0764. The lowest BCUT2D eigenvalue weighted by molar-refractivity contribution is -0.124. The maximum Gasteiger partial charge on any atom is 0.168 e. The van der Waals surface area contributed by atoms with E-state index in [0.29, 0.717) is 43.1 Å². The Balaban J connectivity index is 1.32. The molecular weight excluding hydrogens is 709 g/mol. The lowest BCUT2D eigenvalue weighted by Crippen LogP contribution is -2.38. The van der Waals surface area contributed by atoms with Gasteiger partial charge in [0.1, 0.15) is 23.5 Å². The van der Waals surface area contributed by atoms with E-state index in [0.717, 1.165) is 69.8 Å². The molecule has 11 heteroatoms. The van der Waals surface area contributed by atoms with Gasteiger partial charge in [0, 0.05) is 42.5 Å². The van der Waals surface area contributed by atoms with Crippen molar-refractivity contribution >= 4 is 38.1 Å². The number of rotatable bonds is 8. The van der Waals surface area contributed by atoms with Gasteiger partial charge in [-0.15, -0.1) is 0 Å². The maximum atomic E-state index is 13.9. The van der Waals surface area contributed by atoms with E-state index in [1.54, 1.807) is 51.9 Å². The molecule has 6 rings (SSSR count). The lowest BCUT2D eigenvalue weighted by atomic mass is 9.89. The summed E-state index contributed by atoms with van der Waals surface area (Å²) in [6, 6.07) is 18.6. The minimum atomic E-state index is -0.608. The normalized spacial score (nSPS) is 20.1. The summed E-state index contributed by atoms with van der Waals surface area (Å²) in [5.74, 6) is 1.77. The van der Waals surface area contributed by atoms with E-state index in [-0.39, 0.29) is 41.9 Å². The number of ether oxygens (including phenoxy) is 2. The molecular formula is C42H52N2O7S2. The van der Waals surface area contributed by atoms with Gasteiger partial charge in [0.25, 0.3) is 0 Å². The summed E-state index contributed by atoms with van der Waals surface area (Å²) in [7, 11) is 6.62. The fraction of sp³-hybridized carbons (Fsp3) is 0.452. The Labute approximate surface area is 320 Å². The topological polar surface area (TPSA) is 141 Å². The number of methoxy groups -OCH3 is 1. The van der Waals surface area contributed by atoms with Gasteiger partial charge >= 0.3 is 0 Å². The highest BCUT2D eigenvalue weighted by molar-refractivity contribution is 8.76. The molecule has 0 aromatic heterocycles. The van der Waals surface area contributed by atoms with E-state index < -0.39 is 18.4 Å². The molecule has 284 valence electrons. The van der Waals surface area contributed by atoms with Crippen molar-refractivity contribution in [2.45, 2.75) is 101 Å². The third-order valence-electron chi connectivity index (χ3n) is 10.3. The van der Waals surface area contributed by atoms with Crippen molar-refractivity contribution in [1.29, 1.82) is 0 Å². The molecule has 0 amide bonds. The summed E-state index contributed by atoms with van der Waals surface area (Å²) < 4.78 is 12.7. The highest BCUT2D eigenvalue weighted by atomic mass is 33.1. The van der Waals surface area contributed by atoms with E-state index >= 15 is 0 Å². The van der Waals surface area contributed by atoms with Crippen molar-refractivity contribution in [2.75, 3.05) is 19.9 Å². The number of phenolic OH excluding ortho intramolecular Hbond substituents is 3. The second-order valence-corrected chi connectivity index (χ2v) is 16.8. The zero-order valence-corrected chi connectivity index (χ0v) is 32.2. The van der Waals surface area contributed by atoms with Gasteiger partial charge in [-0.25, -0.2) is 0 Å². The minimum absolute atomic E-state index is 0.00822. The molecule has 0 bridgehead atoms. The fourth-order valence-corrected chi connectivity index (χ4v) is 9.96. The van der Waals surface area contributed by atoms with Crippen molar-refractivity contribution in [3.05, 3.63) is 82.9 Å². The van der Waals surface area contributed by atoms with Crippen LogP contribution in [0.2, 0.25) is 0 Å². The molecule has 1 heterocycles. The molecule has 0 spiro atoms. The second kappa shape index (κ2) is 18.7. The van der Waals surface area contributed by atoms with Crippen LogP contribution in [0.5, 0.6) is 23.0 Å². The number of ketones is 1. The Bertz CT molecular complexity index is 1870. The molecule has 4 aromatic carbocycles. The SMILES string of the molecule is CNCc1cc(O)cc(C(NC2CCCCC2)OC2CCC(O)CSSCc3c(ccc4ccc(O)cc34)-c3c(ccc(O)c3OC)CCC(=O)C2)c1. The van der Waals surface area contributed by atoms with E-state index in [1.807, 2.05) is 37.4 Å². The predicted molar refractivity (Wildman–Crippen MR) is 215 cm³/mol. The molecule has 1 saturated carbocycles. The first kappa shape index (κ1) is 39.2. The standard InChI is InChI=1S/C42H52N2O7S2/c1-43-23-26-18-29(20-34(48)19-26)42(44-30-6-4-3-5-7-30)51-35-15-14-33(47)24-52-53-25-38-36(16-10-27-8-12-32(46)22-37(27)38)40-28(9-13-31(45)21-35)11-17-39(49)41(40)50-2/h8,10-12,16-20,22,30,33,35,42-44,46-49H,3-7,9,13-15,21,23-25H2,1-2H3. The summed E-state index contributed by atoms with van der Waals surface area (Å²) in [5.41, 5.74) is 5.19. The van der Waals surface area contributed by atoms with Crippen molar-refractivity contribution in [3.8, 4) is 34.1 Å². The van der Waals surface area contributed by atoms with Crippen LogP contribution in [0.4, 0.5) is 0 Å². The van der Waals surface area contributed by atoms with Crippen molar-refractivity contribution in [2.24, 2.45) is 0 Å². The van der Waals surface area contributed by atoms with Gasteiger partial charge in [0.15, 0.2) is 11.5 Å². The first-order valence-electron chi connectivity index (χ1n) is 18.7. The Hall–Kier alpha value is -3.45. The number of carbonyl (C=O) groups is 1. The van der Waals surface area contributed by atoms with Gasteiger partial charge in [-0.3, -0.25) is 10.1 Å². The monoisotopic (exact) mass is 760 g/mol. The Morgan fingerprint density at radius 3 is 2.49 bits per heavy atom. The van der Waals surface area contributed by atoms with Crippen LogP contribution in [-0.4, -0.2) is 64.4 Å².